The zero-order chi connectivity index (χ0) is 9.72. The minimum atomic E-state index is 0.0370. The molecule has 1 atom stereocenters. The lowest BCUT2D eigenvalue weighted by molar-refractivity contribution is -0.134. The summed E-state index contributed by atoms with van der Waals surface area (Å²) >= 11 is 0. The van der Waals surface area contributed by atoms with Crippen molar-refractivity contribution in [3.63, 3.8) is 0 Å². The summed E-state index contributed by atoms with van der Waals surface area (Å²) in [5.74, 6) is 0.213. The summed E-state index contributed by atoms with van der Waals surface area (Å²) in [5, 5.41) is 0. The monoisotopic (exact) mass is 172 g/mol. The Hall–Kier alpha value is -0.570. The van der Waals surface area contributed by atoms with Crippen molar-refractivity contribution in [1.29, 1.82) is 0 Å². The molecule has 0 saturated heterocycles. The van der Waals surface area contributed by atoms with Gasteiger partial charge in [-0.1, -0.05) is 6.92 Å². The predicted molar refractivity (Wildman–Crippen MR) is 51.1 cm³/mol. The molecule has 0 spiro atoms. The largest absolute Gasteiger partial charge is 0.345 e. The SMILES string of the molecule is CC[C@@H](C(=O)N(C)CC)N(C)C. The molecule has 0 aliphatic heterocycles. The molecule has 72 valence electrons. The maximum absolute atomic E-state index is 11.6. The maximum Gasteiger partial charge on any atom is 0.239 e. The van der Waals surface area contributed by atoms with E-state index in [9.17, 15) is 4.79 Å². The fourth-order valence-electron chi connectivity index (χ4n) is 1.17. The third-order valence-corrected chi connectivity index (χ3v) is 2.15. The van der Waals surface area contributed by atoms with Crippen LogP contribution in [0.15, 0.2) is 0 Å². The van der Waals surface area contributed by atoms with Gasteiger partial charge in [0.15, 0.2) is 0 Å². The van der Waals surface area contributed by atoms with Gasteiger partial charge in [0, 0.05) is 13.6 Å². The molecule has 0 N–H and O–H groups in total. The van der Waals surface area contributed by atoms with Crippen LogP contribution in [0.5, 0.6) is 0 Å². The number of rotatable bonds is 4. The van der Waals surface area contributed by atoms with Crippen molar-refractivity contribution in [2.24, 2.45) is 0 Å². The topological polar surface area (TPSA) is 23.6 Å². The van der Waals surface area contributed by atoms with Gasteiger partial charge in [0.1, 0.15) is 0 Å². The minimum Gasteiger partial charge on any atom is -0.345 e. The highest BCUT2D eigenvalue weighted by molar-refractivity contribution is 5.81. The summed E-state index contributed by atoms with van der Waals surface area (Å²) in [6.45, 7) is 4.80. The molecule has 0 saturated carbocycles. The Morgan fingerprint density at radius 3 is 2.00 bits per heavy atom. The van der Waals surface area contributed by atoms with E-state index in [-0.39, 0.29) is 11.9 Å². The third-order valence-electron chi connectivity index (χ3n) is 2.15. The number of likely N-dealkylation sites (N-methyl/N-ethyl adjacent to an activating group) is 2. The summed E-state index contributed by atoms with van der Waals surface area (Å²) in [4.78, 5) is 15.4. The standard InChI is InChI=1S/C9H20N2O/c1-6-8(10(3)4)9(12)11(5)7-2/h8H,6-7H2,1-5H3/t8-/m0/s1. The zero-order valence-electron chi connectivity index (χ0n) is 8.79. The number of hydrogen-bond acceptors (Lipinski definition) is 2. The van der Waals surface area contributed by atoms with Crippen LogP contribution in [0.3, 0.4) is 0 Å². The van der Waals surface area contributed by atoms with Gasteiger partial charge >= 0.3 is 0 Å². The zero-order valence-corrected chi connectivity index (χ0v) is 8.79. The van der Waals surface area contributed by atoms with Gasteiger partial charge in [0.2, 0.25) is 5.91 Å². The Morgan fingerprint density at radius 1 is 1.25 bits per heavy atom. The van der Waals surface area contributed by atoms with Gasteiger partial charge in [0.25, 0.3) is 0 Å². The Balaban J connectivity index is 4.21. The molecule has 0 aromatic rings. The van der Waals surface area contributed by atoms with Crippen molar-refractivity contribution in [3.05, 3.63) is 0 Å². The molecule has 3 heteroatoms. The van der Waals surface area contributed by atoms with Crippen LogP contribution in [-0.2, 0) is 4.79 Å². The van der Waals surface area contributed by atoms with E-state index in [0.717, 1.165) is 13.0 Å². The molecule has 0 fully saturated rings. The van der Waals surface area contributed by atoms with Crippen LogP contribution in [0.4, 0.5) is 0 Å². The van der Waals surface area contributed by atoms with E-state index >= 15 is 0 Å². The summed E-state index contributed by atoms with van der Waals surface area (Å²) in [7, 11) is 5.72. The first-order valence-corrected chi connectivity index (χ1v) is 4.45. The first kappa shape index (κ1) is 11.4. The average molecular weight is 172 g/mol. The predicted octanol–water partition coefficient (Wildman–Crippen LogP) is 0.805. The molecule has 1 amide bonds. The lowest BCUT2D eigenvalue weighted by Crippen LogP contribution is -2.43. The van der Waals surface area contributed by atoms with Gasteiger partial charge in [-0.15, -0.1) is 0 Å². The normalized spacial score (nSPS) is 13.2. The molecule has 3 nitrogen and oxygen atoms in total. The molecular formula is C9H20N2O. The van der Waals surface area contributed by atoms with Crippen LogP contribution >= 0.6 is 0 Å². The number of nitrogens with zero attached hydrogens (tertiary/aromatic N) is 2. The van der Waals surface area contributed by atoms with E-state index in [4.69, 9.17) is 0 Å². The van der Waals surface area contributed by atoms with E-state index < -0.39 is 0 Å². The van der Waals surface area contributed by atoms with Gasteiger partial charge in [-0.2, -0.15) is 0 Å². The first-order valence-electron chi connectivity index (χ1n) is 4.45. The van der Waals surface area contributed by atoms with Gasteiger partial charge in [-0.3, -0.25) is 9.69 Å². The van der Waals surface area contributed by atoms with Gasteiger partial charge in [-0.05, 0) is 27.4 Å². The van der Waals surface area contributed by atoms with Crippen molar-refractivity contribution in [1.82, 2.24) is 9.80 Å². The maximum atomic E-state index is 11.6. The van der Waals surface area contributed by atoms with Crippen LogP contribution in [0.1, 0.15) is 20.3 Å². The molecule has 0 aromatic heterocycles. The van der Waals surface area contributed by atoms with Crippen molar-refractivity contribution in [3.8, 4) is 0 Å². The second-order valence-corrected chi connectivity index (χ2v) is 3.24. The second-order valence-electron chi connectivity index (χ2n) is 3.24. The van der Waals surface area contributed by atoms with Gasteiger partial charge in [0.05, 0.1) is 6.04 Å². The lowest BCUT2D eigenvalue weighted by Gasteiger charge is -2.26. The highest BCUT2D eigenvalue weighted by atomic mass is 16.2. The second kappa shape index (κ2) is 5.14. The molecule has 0 aliphatic carbocycles. The van der Waals surface area contributed by atoms with E-state index in [2.05, 4.69) is 0 Å². The van der Waals surface area contributed by atoms with Crippen LogP contribution in [0, 0.1) is 0 Å². The van der Waals surface area contributed by atoms with E-state index in [1.165, 1.54) is 0 Å². The molecule has 0 aliphatic rings. The first-order chi connectivity index (χ1) is 5.54. The molecule has 0 rings (SSSR count). The molecular weight excluding hydrogens is 152 g/mol. The minimum absolute atomic E-state index is 0.0370. The Labute approximate surface area is 75.3 Å². The average Bonchev–Trinajstić information content (AvgIpc) is 2.03. The van der Waals surface area contributed by atoms with Crippen LogP contribution < -0.4 is 0 Å². The highest BCUT2D eigenvalue weighted by Gasteiger charge is 2.20. The van der Waals surface area contributed by atoms with Crippen molar-refractivity contribution >= 4 is 5.91 Å². The number of carbonyl (C=O) groups excluding carboxylic acids is 1. The summed E-state index contributed by atoms with van der Waals surface area (Å²) in [6.07, 6.45) is 0.871. The quantitative estimate of drug-likeness (QED) is 0.626. The van der Waals surface area contributed by atoms with Gasteiger partial charge in [-0.25, -0.2) is 0 Å². The van der Waals surface area contributed by atoms with Crippen LogP contribution in [0.2, 0.25) is 0 Å². The summed E-state index contributed by atoms with van der Waals surface area (Å²) < 4.78 is 0. The van der Waals surface area contributed by atoms with Crippen LogP contribution in [0.25, 0.3) is 0 Å². The Morgan fingerprint density at radius 2 is 1.75 bits per heavy atom. The number of amides is 1. The van der Waals surface area contributed by atoms with Crippen molar-refractivity contribution in [2.45, 2.75) is 26.3 Å². The fraction of sp³-hybridized carbons (Fsp3) is 0.889. The van der Waals surface area contributed by atoms with Crippen molar-refractivity contribution in [2.75, 3.05) is 27.7 Å². The van der Waals surface area contributed by atoms with E-state index in [1.54, 1.807) is 4.90 Å². The van der Waals surface area contributed by atoms with E-state index in [1.807, 2.05) is 39.9 Å². The highest BCUT2D eigenvalue weighted by Crippen LogP contribution is 2.02. The van der Waals surface area contributed by atoms with Crippen molar-refractivity contribution < 1.29 is 4.79 Å². The smallest absolute Gasteiger partial charge is 0.239 e. The summed E-state index contributed by atoms with van der Waals surface area (Å²) in [6, 6.07) is 0.0370. The molecule has 0 aromatic carbocycles. The number of hydrogen-bond donors (Lipinski definition) is 0. The third kappa shape index (κ3) is 2.81. The van der Waals surface area contributed by atoms with Crippen LogP contribution in [-0.4, -0.2) is 49.4 Å². The molecule has 0 bridgehead atoms. The molecule has 0 radical (unpaired) electrons. The van der Waals surface area contributed by atoms with E-state index in [0.29, 0.717) is 0 Å². The number of carbonyl (C=O) groups is 1. The molecule has 0 heterocycles. The Kier molecular flexibility index (Phi) is 4.90. The Bertz CT molecular complexity index is 145. The fourth-order valence-corrected chi connectivity index (χ4v) is 1.17. The summed E-state index contributed by atoms with van der Waals surface area (Å²) in [5.41, 5.74) is 0. The van der Waals surface area contributed by atoms with Gasteiger partial charge < -0.3 is 4.90 Å². The lowest BCUT2D eigenvalue weighted by atomic mass is 10.2. The molecule has 0 unspecified atom stereocenters. The molecule has 12 heavy (non-hydrogen) atoms.